The number of carbonyl (C=O) groups excluding carboxylic acids is 2. The maximum absolute atomic E-state index is 14.0. The van der Waals surface area contributed by atoms with E-state index in [9.17, 15) is 18.0 Å². The van der Waals surface area contributed by atoms with Gasteiger partial charge in [-0.05, 0) is 79.9 Å². The second kappa shape index (κ2) is 13.4. The molecule has 7 nitrogen and oxygen atoms in total. The third kappa shape index (κ3) is 7.57. The van der Waals surface area contributed by atoms with Crippen LogP contribution in [0.25, 0.3) is 0 Å². The van der Waals surface area contributed by atoms with Crippen molar-refractivity contribution in [3.05, 3.63) is 92.9 Å². The van der Waals surface area contributed by atoms with Crippen molar-refractivity contribution in [3.63, 3.8) is 0 Å². The minimum Gasteiger partial charge on any atom is -0.352 e. The van der Waals surface area contributed by atoms with Gasteiger partial charge in [0.25, 0.3) is 10.0 Å². The van der Waals surface area contributed by atoms with Gasteiger partial charge in [-0.15, -0.1) is 0 Å². The average molecular weight is 667 g/mol. The Bertz CT molecular complexity index is 1460. The SMILES string of the molecule is C[C@H](C(=O)NC1CCCC1)N(Cc1cccc(Br)c1)C(=O)CN(c1cccc(Cl)c1)S(=O)(=O)c1ccc(Cl)cc1. The third-order valence-corrected chi connectivity index (χ3v) is 9.66. The summed E-state index contributed by atoms with van der Waals surface area (Å²) in [6, 6.07) is 18.7. The van der Waals surface area contributed by atoms with Crippen molar-refractivity contribution in [2.75, 3.05) is 10.8 Å². The van der Waals surface area contributed by atoms with E-state index in [1.165, 1.54) is 35.2 Å². The van der Waals surface area contributed by atoms with Gasteiger partial charge in [0.05, 0.1) is 10.6 Å². The Morgan fingerprint density at radius 2 is 1.65 bits per heavy atom. The predicted molar refractivity (Wildman–Crippen MR) is 162 cm³/mol. The Morgan fingerprint density at radius 1 is 0.975 bits per heavy atom. The van der Waals surface area contributed by atoms with Crippen LogP contribution in [0.1, 0.15) is 38.2 Å². The van der Waals surface area contributed by atoms with Crippen molar-refractivity contribution in [1.29, 1.82) is 0 Å². The first-order valence-corrected chi connectivity index (χ1v) is 15.9. The highest BCUT2D eigenvalue weighted by Gasteiger charge is 2.33. The second-order valence-corrected chi connectivity index (χ2v) is 13.4. The molecule has 0 saturated heterocycles. The fraction of sp³-hybridized carbons (Fsp3) is 0.310. The Balaban J connectivity index is 1.69. The zero-order chi connectivity index (χ0) is 28.9. The first-order chi connectivity index (χ1) is 19.0. The Hall–Kier alpha value is -2.59. The van der Waals surface area contributed by atoms with E-state index in [0.717, 1.165) is 40.0 Å². The number of amides is 2. The van der Waals surface area contributed by atoms with Crippen LogP contribution in [0.15, 0.2) is 82.2 Å². The van der Waals surface area contributed by atoms with E-state index in [1.807, 2.05) is 24.3 Å². The summed E-state index contributed by atoms with van der Waals surface area (Å²) in [6.45, 7) is 1.24. The standard InChI is InChI=1S/C29H30BrCl2N3O4S/c1-20(29(37)33-25-9-2-3-10-25)34(18-21-6-4-7-22(30)16-21)28(36)19-35(26-11-5-8-24(32)17-26)40(38,39)27-14-12-23(31)13-15-27/h4-8,11-17,20,25H,2-3,9-10,18-19H2,1H3,(H,33,37)/t20-/m1/s1. The number of hydrogen-bond acceptors (Lipinski definition) is 4. The summed E-state index contributed by atoms with van der Waals surface area (Å²) in [5, 5.41) is 3.76. The molecule has 3 aromatic rings. The minimum absolute atomic E-state index is 0.0322. The van der Waals surface area contributed by atoms with E-state index < -0.39 is 28.5 Å². The second-order valence-electron chi connectivity index (χ2n) is 9.76. The molecule has 1 aliphatic carbocycles. The highest BCUT2D eigenvalue weighted by atomic mass is 79.9. The van der Waals surface area contributed by atoms with E-state index in [4.69, 9.17) is 23.2 Å². The van der Waals surface area contributed by atoms with Gasteiger partial charge in [0, 0.05) is 27.1 Å². The van der Waals surface area contributed by atoms with Crippen molar-refractivity contribution in [2.24, 2.45) is 0 Å². The molecule has 0 heterocycles. The zero-order valence-electron chi connectivity index (χ0n) is 21.9. The number of halogens is 3. The number of carbonyl (C=O) groups is 2. The molecule has 1 saturated carbocycles. The summed E-state index contributed by atoms with van der Waals surface area (Å²) in [6.07, 6.45) is 3.91. The molecule has 1 atom stereocenters. The van der Waals surface area contributed by atoms with Crippen LogP contribution in [-0.4, -0.2) is 43.8 Å². The normalized spacial score (nSPS) is 14.5. The van der Waals surface area contributed by atoms with Crippen molar-refractivity contribution in [3.8, 4) is 0 Å². The fourth-order valence-corrected chi connectivity index (χ4v) is 6.86. The van der Waals surface area contributed by atoms with Crippen LogP contribution in [0.2, 0.25) is 10.0 Å². The molecule has 2 amide bonds. The lowest BCUT2D eigenvalue weighted by Gasteiger charge is -2.32. The molecule has 0 unspecified atom stereocenters. The lowest BCUT2D eigenvalue weighted by Crippen LogP contribution is -2.52. The molecule has 0 spiro atoms. The van der Waals surface area contributed by atoms with Crippen molar-refractivity contribution >= 4 is 66.7 Å². The first-order valence-electron chi connectivity index (χ1n) is 12.9. The highest BCUT2D eigenvalue weighted by Crippen LogP contribution is 2.28. The molecule has 1 fully saturated rings. The fourth-order valence-electron chi connectivity index (χ4n) is 4.70. The highest BCUT2D eigenvalue weighted by molar-refractivity contribution is 9.10. The average Bonchev–Trinajstić information content (AvgIpc) is 3.43. The number of nitrogens with zero attached hydrogens (tertiary/aromatic N) is 2. The van der Waals surface area contributed by atoms with Crippen molar-refractivity contribution in [1.82, 2.24) is 10.2 Å². The quantitative estimate of drug-likeness (QED) is 0.270. The third-order valence-electron chi connectivity index (χ3n) is 6.89. The smallest absolute Gasteiger partial charge is 0.264 e. The predicted octanol–water partition coefficient (Wildman–Crippen LogP) is 6.43. The Morgan fingerprint density at radius 3 is 2.30 bits per heavy atom. The van der Waals surface area contributed by atoms with Gasteiger partial charge in [-0.2, -0.15) is 0 Å². The molecule has 1 N–H and O–H groups in total. The van der Waals surface area contributed by atoms with Gasteiger partial charge >= 0.3 is 0 Å². The molecule has 1 aliphatic rings. The summed E-state index contributed by atoms with van der Waals surface area (Å²) >= 11 is 15.7. The van der Waals surface area contributed by atoms with Gasteiger partial charge in [-0.1, -0.05) is 70.2 Å². The van der Waals surface area contributed by atoms with Gasteiger partial charge in [-0.3, -0.25) is 13.9 Å². The summed E-state index contributed by atoms with van der Waals surface area (Å²) in [5.74, 6) is -0.809. The molecular formula is C29H30BrCl2N3O4S. The first kappa shape index (κ1) is 30.4. The monoisotopic (exact) mass is 665 g/mol. The van der Waals surface area contributed by atoms with Crippen LogP contribution < -0.4 is 9.62 Å². The summed E-state index contributed by atoms with van der Waals surface area (Å²) in [4.78, 5) is 28.7. The van der Waals surface area contributed by atoms with Gasteiger partial charge < -0.3 is 10.2 Å². The Kier molecular flexibility index (Phi) is 10.2. The van der Waals surface area contributed by atoms with Gasteiger partial charge in [0.1, 0.15) is 12.6 Å². The van der Waals surface area contributed by atoms with E-state index in [0.29, 0.717) is 10.0 Å². The maximum atomic E-state index is 14.0. The van der Waals surface area contributed by atoms with E-state index >= 15 is 0 Å². The molecule has 212 valence electrons. The van der Waals surface area contributed by atoms with Crippen LogP contribution in [0, 0.1) is 0 Å². The molecule has 0 aliphatic heterocycles. The molecule has 11 heteroatoms. The van der Waals surface area contributed by atoms with E-state index in [-0.39, 0.29) is 29.1 Å². The molecular weight excluding hydrogens is 637 g/mol. The molecule has 0 aromatic heterocycles. The van der Waals surface area contributed by atoms with E-state index in [1.54, 1.807) is 25.1 Å². The molecule has 3 aromatic carbocycles. The largest absolute Gasteiger partial charge is 0.352 e. The lowest BCUT2D eigenvalue weighted by atomic mass is 10.1. The van der Waals surface area contributed by atoms with Gasteiger partial charge in [0.15, 0.2) is 0 Å². The molecule has 0 bridgehead atoms. The van der Waals surface area contributed by atoms with Gasteiger partial charge in [-0.25, -0.2) is 8.42 Å². The number of rotatable bonds is 10. The molecule has 0 radical (unpaired) electrons. The topological polar surface area (TPSA) is 86.8 Å². The summed E-state index contributed by atoms with van der Waals surface area (Å²) in [5.41, 5.74) is 1.01. The summed E-state index contributed by atoms with van der Waals surface area (Å²) < 4.78 is 29.5. The maximum Gasteiger partial charge on any atom is 0.264 e. The van der Waals surface area contributed by atoms with E-state index in [2.05, 4.69) is 21.2 Å². The van der Waals surface area contributed by atoms with Crippen molar-refractivity contribution < 1.29 is 18.0 Å². The lowest BCUT2D eigenvalue weighted by molar-refractivity contribution is -0.139. The number of hydrogen-bond donors (Lipinski definition) is 1. The summed E-state index contributed by atoms with van der Waals surface area (Å²) in [7, 11) is -4.20. The number of nitrogens with one attached hydrogen (secondary N) is 1. The van der Waals surface area contributed by atoms with Crippen LogP contribution >= 0.6 is 39.1 Å². The number of benzene rings is 3. The van der Waals surface area contributed by atoms with Crippen molar-refractivity contribution in [2.45, 2.75) is 56.1 Å². The van der Waals surface area contributed by atoms with Crippen LogP contribution in [0.3, 0.4) is 0 Å². The minimum atomic E-state index is -4.20. The van der Waals surface area contributed by atoms with Crippen LogP contribution in [0.4, 0.5) is 5.69 Å². The van der Waals surface area contributed by atoms with Gasteiger partial charge in [0.2, 0.25) is 11.8 Å². The molecule has 40 heavy (non-hydrogen) atoms. The molecule has 4 rings (SSSR count). The van der Waals surface area contributed by atoms with Crippen LogP contribution in [-0.2, 0) is 26.2 Å². The number of anilines is 1. The number of sulfonamides is 1. The zero-order valence-corrected chi connectivity index (χ0v) is 25.8. The Labute approximate surface area is 253 Å². The van der Waals surface area contributed by atoms with Crippen LogP contribution in [0.5, 0.6) is 0 Å².